The Hall–Kier alpha value is 0.230. The molecular weight excluding hydrogens is 309 g/mol. The van der Waals surface area contributed by atoms with Crippen molar-refractivity contribution in [3.63, 3.8) is 0 Å². The maximum atomic E-state index is 12.8. The molecule has 0 aromatic carbocycles. The second-order valence-electron chi connectivity index (χ2n) is 6.28. The molecular formula is C13H24BrF3O. The summed E-state index contributed by atoms with van der Waals surface area (Å²) in [6.45, 7) is 9.29. The summed E-state index contributed by atoms with van der Waals surface area (Å²) in [6.07, 6.45) is -4.79. The fraction of sp³-hybridized carbons (Fsp3) is 1.00. The van der Waals surface area contributed by atoms with Gasteiger partial charge in [-0.25, -0.2) is 0 Å². The summed E-state index contributed by atoms with van der Waals surface area (Å²) in [6, 6.07) is 0. The van der Waals surface area contributed by atoms with Gasteiger partial charge in [0, 0.05) is 5.33 Å². The van der Waals surface area contributed by atoms with Crippen LogP contribution in [0, 0.1) is 10.8 Å². The Morgan fingerprint density at radius 3 is 1.67 bits per heavy atom. The topological polar surface area (TPSA) is 20.2 Å². The Bertz CT molecular complexity index is 274. The zero-order valence-corrected chi connectivity index (χ0v) is 13.4. The average molecular weight is 333 g/mol. The van der Waals surface area contributed by atoms with Gasteiger partial charge in [-0.1, -0.05) is 50.5 Å². The maximum Gasteiger partial charge on any atom is 0.417 e. The maximum absolute atomic E-state index is 12.8. The highest BCUT2D eigenvalue weighted by Crippen LogP contribution is 2.46. The van der Waals surface area contributed by atoms with Crippen LogP contribution in [0.4, 0.5) is 13.2 Å². The van der Waals surface area contributed by atoms with E-state index >= 15 is 0 Å². The van der Waals surface area contributed by atoms with E-state index in [4.69, 9.17) is 0 Å². The molecule has 18 heavy (non-hydrogen) atoms. The van der Waals surface area contributed by atoms with Gasteiger partial charge in [0.1, 0.15) is 0 Å². The van der Waals surface area contributed by atoms with Gasteiger partial charge in [0.05, 0.1) is 0 Å². The van der Waals surface area contributed by atoms with Crippen LogP contribution in [-0.2, 0) is 0 Å². The lowest BCUT2D eigenvalue weighted by atomic mass is 9.65. The SMILES string of the molecule is CCC(O)(CCC(C)(C)C(C)(C)CBr)C(F)(F)F. The molecule has 0 rings (SSSR count). The van der Waals surface area contributed by atoms with Gasteiger partial charge in [-0.3, -0.25) is 0 Å². The first kappa shape index (κ1) is 18.2. The highest BCUT2D eigenvalue weighted by molar-refractivity contribution is 9.09. The predicted octanol–water partition coefficient (Wildman–Crippen LogP) is 4.92. The third-order valence-electron chi connectivity index (χ3n) is 4.44. The van der Waals surface area contributed by atoms with Gasteiger partial charge in [-0.15, -0.1) is 0 Å². The van der Waals surface area contributed by atoms with Crippen LogP contribution in [0.2, 0.25) is 0 Å². The molecule has 1 nitrogen and oxygen atoms in total. The third kappa shape index (κ3) is 3.86. The number of hydrogen-bond acceptors (Lipinski definition) is 1. The molecule has 5 heteroatoms. The number of alkyl halides is 4. The molecule has 0 saturated carbocycles. The molecule has 0 heterocycles. The monoisotopic (exact) mass is 332 g/mol. The van der Waals surface area contributed by atoms with Crippen molar-refractivity contribution < 1.29 is 18.3 Å². The molecule has 110 valence electrons. The van der Waals surface area contributed by atoms with E-state index < -0.39 is 11.8 Å². The molecule has 1 unspecified atom stereocenters. The minimum Gasteiger partial charge on any atom is -0.380 e. The number of aliphatic hydroxyl groups is 1. The van der Waals surface area contributed by atoms with Gasteiger partial charge in [-0.05, 0) is 30.1 Å². The fourth-order valence-corrected chi connectivity index (χ4v) is 2.32. The first-order valence-electron chi connectivity index (χ1n) is 6.18. The Balaban J connectivity index is 4.85. The van der Waals surface area contributed by atoms with Gasteiger partial charge < -0.3 is 5.11 Å². The van der Waals surface area contributed by atoms with E-state index in [2.05, 4.69) is 15.9 Å². The van der Waals surface area contributed by atoms with E-state index in [1.807, 2.05) is 27.7 Å². The van der Waals surface area contributed by atoms with Crippen molar-refractivity contribution in [1.82, 2.24) is 0 Å². The molecule has 0 spiro atoms. The number of halogens is 4. The van der Waals surface area contributed by atoms with Crippen molar-refractivity contribution in [1.29, 1.82) is 0 Å². The summed E-state index contributed by atoms with van der Waals surface area (Å²) >= 11 is 3.40. The van der Waals surface area contributed by atoms with E-state index in [-0.39, 0.29) is 23.7 Å². The largest absolute Gasteiger partial charge is 0.417 e. The third-order valence-corrected chi connectivity index (χ3v) is 5.84. The quantitative estimate of drug-likeness (QED) is 0.684. The normalized spacial score (nSPS) is 17.7. The van der Waals surface area contributed by atoms with Crippen molar-refractivity contribution >= 4 is 15.9 Å². The van der Waals surface area contributed by atoms with Crippen LogP contribution in [0.15, 0.2) is 0 Å². The standard InChI is InChI=1S/C13H24BrF3O/c1-6-12(18,13(15,16)17)8-7-10(2,3)11(4,5)9-14/h18H,6-9H2,1-5H3. The van der Waals surface area contributed by atoms with Crippen LogP contribution in [0.25, 0.3) is 0 Å². The fourth-order valence-electron chi connectivity index (χ4n) is 1.56. The van der Waals surface area contributed by atoms with Crippen LogP contribution in [0.5, 0.6) is 0 Å². The zero-order valence-electron chi connectivity index (χ0n) is 11.8. The smallest absolute Gasteiger partial charge is 0.380 e. The summed E-state index contributed by atoms with van der Waals surface area (Å²) in [7, 11) is 0. The summed E-state index contributed by atoms with van der Waals surface area (Å²) in [4.78, 5) is 0. The predicted molar refractivity (Wildman–Crippen MR) is 71.9 cm³/mol. The lowest BCUT2D eigenvalue weighted by molar-refractivity contribution is -0.265. The molecule has 0 aromatic heterocycles. The highest BCUT2D eigenvalue weighted by Gasteiger charge is 2.53. The highest BCUT2D eigenvalue weighted by atomic mass is 79.9. The molecule has 0 radical (unpaired) electrons. The van der Waals surface area contributed by atoms with Gasteiger partial charge in [0.2, 0.25) is 0 Å². The molecule has 1 atom stereocenters. The lowest BCUT2D eigenvalue weighted by Gasteiger charge is -2.43. The molecule has 0 fully saturated rings. The first-order chi connectivity index (χ1) is 7.83. The molecule has 0 aliphatic carbocycles. The second kappa shape index (κ2) is 5.70. The second-order valence-corrected chi connectivity index (χ2v) is 6.85. The van der Waals surface area contributed by atoms with Gasteiger partial charge in [0.15, 0.2) is 5.60 Å². The van der Waals surface area contributed by atoms with Crippen LogP contribution >= 0.6 is 15.9 Å². The zero-order chi connectivity index (χ0) is 14.8. The minimum absolute atomic E-state index is 0.132. The van der Waals surface area contributed by atoms with Crippen LogP contribution in [0.3, 0.4) is 0 Å². The van der Waals surface area contributed by atoms with E-state index in [1.165, 1.54) is 6.92 Å². The van der Waals surface area contributed by atoms with Gasteiger partial charge >= 0.3 is 6.18 Å². The lowest BCUT2D eigenvalue weighted by Crippen LogP contribution is -2.46. The summed E-state index contributed by atoms with van der Waals surface area (Å²) < 4.78 is 38.4. The Morgan fingerprint density at radius 1 is 0.944 bits per heavy atom. The Kier molecular flexibility index (Phi) is 5.77. The van der Waals surface area contributed by atoms with Crippen molar-refractivity contribution in [2.45, 2.75) is 65.7 Å². The van der Waals surface area contributed by atoms with Crippen molar-refractivity contribution in [2.24, 2.45) is 10.8 Å². The van der Waals surface area contributed by atoms with Crippen LogP contribution in [-0.4, -0.2) is 22.2 Å². The molecule has 0 saturated heterocycles. The molecule has 0 amide bonds. The van der Waals surface area contributed by atoms with Crippen LogP contribution < -0.4 is 0 Å². The molecule has 0 bridgehead atoms. The minimum atomic E-state index is -4.56. The molecule has 0 aliphatic rings. The van der Waals surface area contributed by atoms with Crippen LogP contribution in [0.1, 0.15) is 53.9 Å². The first-order valence-corrected chi connectivity index (χ1v) is 7.30. The van der Waals surface area contributed by atoms with Gasteiger partial charge in [-0.2, -0.15) is 13.2 Å². The summed E-state index contributed by atoms with van der Waals surface area (Å²) in [5.74, 6) is 0. The Morgan fingerprint density at radius 2 is 1.39 bits per heavy atom. The van der Waals surface area contributed by atoms with E-state index in [0.717, 1.165) is 0 Å². The Labute approximate surface area is 116 Å². The summed E-state index contributed by atoms with van der Waals surface area (Å²) in [5, 5.41) is 10.4. The van der Waals surface area contributed by atoms with E-state index in [1.54, 1.807) is 0 Å². The van der Waals surface area contributed by atoms with Crippen molar-refractivity contribution in [3.05, 3.63) is 0 Å². The average Bonchev–Trinajstić information content (AvgIpc) is 2.24. The number of hydrogen-bond donors (Lipinski definition) is 1. The van der Waals surface area contributed by atoms with Crippen molar-refractivity contribution in [3.8, 4) is 0 Å². The number of rotatable bonds is 6. The van der Waals surface area contributed by atoms with E-state index in [0.29, 0.717) is 11.8 Å². The molecule has 1 N–H and O–H groups in total. The molecule has 0 aliphatic heterocycles. The molecule has 0 aromatic rings. The van der Waals surface area contributed by atoms with E-state index in [9.17, 15) is 18.3 Å². The van der Waals surface area contributed by atoms with Crippen molar-refractivity contribution in [2.75, 3.05) is 5.33 Å². The van der Waals surface area contributed by atoms with Gasteiger partial charge in [0.25, 0.3) is 0 Å². The summed E-state index contributed by atoms with van der Waals surface area (Å²) in [5.41, 5.74) is -2.98.